The zero-order valence-corrected chi connectivity index (χ0v) is 19.8. The van der Waals surface area contributed by atoms with Gasteiger partial charge in [-0.25, -0.2) is 0 Å². The number of hydrogen-bond donors (Lipinski definition) is 0. The summed E-state index contributed by atoms with van der Waals surface area (Å²) in [7, 11) is -13.0. The van der Waals surface area contributed by atoms with Gasteiger partial charge in [0.15, 0.2) is 0 Å². The predicted molar refractivity (Wildman–Crippen MR) is 51.2 cm³/mol. The van der Waals surface area contributed by atoms with E-state index in [9.17, 15) is 0 Å². The molecule has 0 fully saturated rings. The van der Waals surface area contributed by atoms with E-state index in [1.54, 1.807) is 0 Å². The molecule has 0 N–H and O–H groups in total. The van der Waals surface area contributed by atoms with E-state index >= 15 is 0 Å². The van der Waals surface area contributed by atoms with Crippen molar-refractivity contribution in [3.05, 3.63) is 0 Å². The normalized spacial score (nSPS) is 9.67. The standard InChI is InChI=1S/Ir.2Na.3H2O3S2/c;;;3*1-5(2,3)4/h;;;3*(H2,1,2,3,4)/q+4;2*+1;;;/p-6. The molecule has 0 rings (SSSR count). The Morgan fingerprint density at radius 3 is 0.556 bits per heavy atom. The van der Waals surface area contributed by atoms with E-state index < -0.39 is 27.2 Å². The van der Waals surface area contributed by atoms with Gasteiger partial charge in [0.05, 0.1) is 0 Å². The molecule has 18 heteroatoms. The maximum Gasteiger partial charge on any atom is 4.00 e. The van der Waals surface area contributed by atoms with Gasteiger partial charge in [-0.05, 0) is 33.6 Å². The van der Waals surface area contributed by atoms with Gasteiger partial charge >= 0.3 is 79.2 Å². The maximum atomic E-state index is 8.89. The molecular weight excluding hydrogens is 575 g/mol. The smallest absolute Gasteiger partial charge is 0.780 e. The van der Waals surface area contributed by atoms with E-state index in [-0.39, 0.29) is 79.2 Å². The number of hydrogen-bond acceptors (Lipinski definition) is 12. The van der Waals surface area contributed by atoms with Crippen LogP contribution in [0.4, 0.5) is 0 Å². The maximum absolute atomic E-state index is 8.89. The van der Waals surface area contributed by atoms with Crippen molar-refractivity contribution < 1.29 is 119 Å². The van der Waals surface area contributed by atoms with Gasteiger partial charge in [-0.3, -0.25) is 12.6 Å². The van der Waals surface area contributed by atoms with Crippen molar-refractivity contribution in [3.8, 4) is 0 Å². The Hall–Kier alpha value is 3.52. The summed E-state index contributed by atoms with van der Waals surface area (Å²) < 4.78 is 80.0. The van der Waals surface area contributed by atoms with E-state index in [4.69, 9.17) is 39.9 Å². The average molecular weight is 575 g/mol. The van der Waals surface area contributed by atoms with Gasteiger partial charge in [-0.15, -0.1) is 27.2 Å². The topological polar surface area (TPSA) is 190 Å². The summed E-state index contributed by atoms with van der Waals surface area (Å²) in [5, 5.41) is 0. The summed E-state index contributed by atoms with van der Waals surface area (Å²) in [5.74, 6) is 0. The van der Waals surface area contributed by atoms with Gasteiger partial charge < -0.3 is 27.3 Å². The Bertz CT molecular complexity index is 350. The SMILES string of the molecule is O=S([O-])([O-])=S.O=S([O-])([O-])=S.O=S([O-])([O-])=S.[Ir+4].[Na+].[Na+]. The molecule has 0 atom stereocenters. The van der Waals surface area contributed by atoms with E-state index in [0.717, 1.165) is 0 Å². The predicted octanol–water partition coefficient (Wildman–Crippen LogP) is -9.01. The Labute approximate surface area is 177 Å². The summed E-state index contributed by atoms with van der Waals surface area (Å²) in [6.07, 6.45) is 0. The van der Waals surface area contributed by atoms with Gasteiger partial charge in [0.2, 0.25) is 0 Å². The zero-order valence-electron chi connectivity index (χ0n) is 8.46. The molecule has 0 spiro atoms. The fourth-order valence-electron chi connectivity index (χ4n) is 0. The minimum Gasteiger partial charge on any atom is -0.780 e. The molecule has 1 radical (unpaired) electrons. The van der Waals surface area contributed by atoms with Crippen molar-refractivity contribution in [2.45, 2.75) is 0 Å². The average Bonchev–Trinajstić information content (AvgIpc) is 1.41. The monoisotopic (exact) mass is 575 g/mol. The van der Waals surface area contributed by atoms with Gasteiger partial charge in [-0.2, -0.15) is 0 Å². The molecule has 0 bridgehead atoms. The van der Waals surface area contributed by atoms with E-state index in [1.165, 1.54) is 0 Å². The van der Waals surface area contributed by atoms with Crippen LogP contribution < -0.4 is 59.1 Å². The van der Waals surface area contributed by atoms with Crippen LogP contribution in [-0.2, 0) is 80.8 Å². The summed E-state index contributed by atoms with van der Waals surface area (Å²) >= 11 is 9.73. The summed E-state index contributed by atoms with van der Waals surface area (Å²) in [4.78, 5) is 0. The third kappa shape index (κ3) is 540. The van der Waals surface area contributed by atoms with Crippen molar-refractivity contribution in [1.29, 1.82) is 0 Å². The van der Waals surface area contributed by atoms with Gasteiger partial charge in [0, 0.05) is 0 Å². The fraction of sp³-hybridized carbons (Fsp3) is 0. The summed E-state index contributed by atoms with van der Waals surface area (Å²) in [5.41, 5.74) is 0. The second kappa shape index (κ2) is 16.9. The van der Waals surface area contributed by atoms with Crippen molar-refractivity contribution in [3.63, 3.8) is 0 Å². The van der Waals surface area contributed by atoms with Gasteiger partial charge in [0.25, 0.3) is 0 Å². The van der Waals surface area contributed by atoms with E-state index in [2.05, 4.69) is 33.6 Å². The first-order valence-electron chi connectivity index (χ1n) is 2.00. The Balaban J connectivity index is -0.0000000277. The van der Waals surface area contributed by atoms with Gasteiger partial charge in [-0.1, -0.05) is 0 Å². The third-order valence-corrected chi connectivity index (χ3v) is 0. The molecule has 0 aliphatic heterocycles. The molecular formula is IrNa2O9S6. The Kier molecular flexibility index (Phi) is 35.3. The second-order valence-electron chi connectivity index (χ2n) is 1.22. The quantitative estimate of drug-likeness (QED) is 0.249. The first-order valence-corrected chi connectivity index (χ1v) is 9.00. The molecule has 0 aromatic carbocycles. The molecule has 101 valence electrons. The molecule has 18 heavy (non-hydrogen) atoms. The third-order valence-electron chi connectivity index (χ3n) is 0. The first-order chi connectivity index (χ1) is 6.00. The minimum absolute atomic E-state index is 0. The molecule has 0 amide bonds. The summed E-state index contributed by atoms with van der Waals surface area (Å²) in [6, 6.07) is 0. The van der Waals surface area contributed by atoms with Crippen molar-refractivity contribution in [1.82, 2.24) is 0 Å². The Morgan fingerprint density at radius 2 is 0.556 bits per heavy atom. The zero-order chi connectivity index (χ0) is 13.5. The summed E-state index contributed by atoms with van der Waals surface area (Å²) in [6.45, 7) is 0. The van der Waals surface area contributed by atoms with Crippen molar-refractivity contribution in [2.75, 3.05) is 0 Å². The largest absolute Gasteiger partial charge is 4.00 e. The molecule has 9 nitrogen and oxygen atoms in total. The molecule has 0 heterocycles. The van der Waals surface area contributed by atoms with E-state index in [1.807, 2.05) is 0 Å². The molecule has 0 aliphatic rings. The van der Waals surface area contributed by atoms with Gasteiger partial charge in [0.1, 0.15) is 0 Å². The van der Waals surface area contributed by atoms with Crippen LogP contribution in [0.2, 0.25) is 0 Å². The number of rotatable bonds is 0. The van der Waals surface area contributed by atoms with Crippen LogP contribution in [0.15, 0.2) is 0 Å². The van der Waals surface area contributed by atoms with Crippen molar-refractivity contribution >= 4 is 60.7 Å². The molecule has 0 aliphatic carbocycles. The molecule has 0 saturated heterocycles. The molecule has 0 aromatic heterocycles. The van der Waals surface area contributed by atoms with Crippen LogP contribution >= 0.6 is 0 Å². The minimum atomic E-state index is -4.33. The van der Waals surface area contributed by atoms with Crippen LogP contribution in [0, 0.1) is 0 Å². The van der Waals surface area contributed by atoms with E-state index in [0.29, 0.717) is 0 Å². The van der Waals surface area contributed by atoms with Crippen LogP contribution in [0.25, 0.3) is 0 Å². The van der Waals surface area contributed by atoms with Crippen molar-refractivity contribution in [2.24, 2.45) is 0 Å². The Morgan fingerprint density at radius 1 is 0.556 bits per heavy atom. The van der Waals surface area contributed by atoms with Crippen LogP contribution in [-0.4, -0.2) is 39.9 Å². The molecule has 0 saturated carbocycles. The second-order valence-corrected chi connectivity index (χ2v) is 7.35. The van der Waals surface area contributed by atoms with Crippen LogP contribution in [0.1, 0.15) is 0 Å². The fourth-order valence-corrected chi connectivity index (χ4v) is 0. The van der Waals surface area contributed by atoms with Crippen LogP contribution in [0.3, 0.4) is 0 Å². The molecule has 0 aromatic rings. The molecule has 0 unspecified atom stereocenters. The first kappa shape index (κ1) is 37.6. The van der Waals surface area contributed by atoms with Crippen LogP contribution in [0.5, 0.6) is 0 Å².